The lowest BCUT2D eigenvalue weighted by Gasteiger charge is -2.09. The summed E-state index contributed by atoms with van der Waals surface area (Å²) in [7, 11) is 0. The Balaban J connectivity index is 0.000000349. The summed E-state index contributed by atoms with van der Waals surface area (Å²) in [5, 5.41) is 28.3. The van der Waals surface area contributed by atoms with Gasteiger partial charge in [0.25, 0.3) is 0 Å². The smallest absolute Gasteiger partial charge is 0.00990 e. The van der Waals surface area contributed by atoms with E-state index in [0.717, 1.165) is 0 Å². The number of rotatable bonds is 0. The SMILES string of the molecule is [N-]=C=O.[N-]=C=O.[N-]=C=O.c1ccc2c(c1)c1ccccc1c1ccccc21. The number of hydrogen-bond acceptors (Lipinski definition) is 3. The molecule has 0 N–H and O–H groups in total. The molecule has 0 saturated heterocycles. The van der Waals surface area contributed by atoms with E-state index in [2.05, 4.69) is 72.8 Å². The molecule has 0 unspecified atom stereocenters. The van der Waals surface area contributed by atoms with Crippen LogP contribution in [0, 0.1) is 0 Å². The molecule has 0 saturated carbocycles. The molecule has 0 amide bonds. The van der Waals surface area contributed by atoms with Gasteiger partial charge in [-0.15, -0.1) is 0 Å². The molecule has 6 heteroatoms. The first kappa shape index (κ1) is 20.8. The number of carbonyl (C=O) groups excluding carboxylic acids is 3. The molecule has 0 fully saturated rings. The number of hydrogen-bond donors (Lipinski definition) is 0. The molecule has 0 spiro atoms. The Bertz CT molecular complexity index is 902. The minimum Gasteiger partial charge on any atom is -0.724 e. The Hall–Kier alpha value is -4.20. The van der Waals surface area contributed by atoms with Crippen LogP contribution in [0.2, 0.25) is 0 Å². The molecule has 27 heavy (non-hydrogen) atoms. The van der Waals surface area contributed by atoms with Crippen molar-refractivity contribution in [3.05, 3.63) is 89.0 Å². The fourth-order valence-corrected chi connectivity index (χ4v) is 2.86. The van der Waals surface area contributed by atoms with E-state index in [4.69, 9.17) is 30.6 Å². The second kappa shape index (κ2) is 11.4. The molecule has 4 aromatic rings. The van der Waals surface area contributed by atoms with Crippen LogP contribution in [0.3, 0.4) is 0 Å². The normalized spacial score (nSPS) is 8.44. The molecule has 4 rings (SSSR count). The maximum atomic E-state index is 8.24. The van der Waals surface area contributed by atoms with Crippen molar-refractivity contribution < 1.29 is 14.4 Å². The van der Waals surface area contributed by atoms with Crippen LogP contribution in [0.5, 0.6) is 0 Å². The van der Waals surface area contributed by atoms with Crippen LogP contribution < -0.4 is 0 Å². The van der Waals surface area contributed by atoms with Crippen molar-refractivity contribution in [3.63, 3.8) is 0 Å². The molecule has 0 aliphatic heterocycles. The van der Waals surface area contributed by atoms with Crippen molar-refractivity contribution in [3.8, 4) is 0 Å². The summed E-state index contributed by atoms with van der Waals surface area (Å²) in [6.07, 6.45) is 1.50. The largest absolute Gasteiger partial charge is 0.724 e. The molecule has 0 radical (unpaired) electrons. The van der Waals surface area contributed by atoms with E-state index in [1.165, 1.54) is 32.3 Å². The summed E-state index contributed by atoms with van der Waals surface area (Å²) in [4.78, 5) is 24.7. The van der Waals surface area contributed by atoms with Crippen molar-refractivity contribution in [1.82, 2.24) is 0 Å². The Morgan fingerprint density at radius 3 is 0.630 bits per heavy atom. The molecular formula is C21H12N3O3-3. The van der Waals surface area contributed by atoms with Gasteiger partial charge in [0.1, 0.15) is 0 Å². The highest BCUT2D eigenvalue weighted by Crippen LogP contribution is 2.34. The van der Waals surface area contributed by atoms with E-state index >= 15 is 0 Å². The molecule has 4 aromatic carbocycles. The molecule has 0 heterocycles. The summed E-state index contributed by atoms with van der Waals surface area (Å²) >= 11 is 0. The van der Waals surface area contributed by atoms with Gasteiger partial charge >= 0.3 is 0 Å². The van der Waals surface area contributed by atoms with Crippen LogP contribution in [0.25, 0.3) is 48.5 Å². The molecular weight excluding hydrogens is 342 g/mol. The minimum absolute atomic E-state index is 0.500. The average Bonchev–Trinajstić information content (AvgIpc) is 2.70. The van der Waals surface area contributed by atoms with Crippen LogP contribution in [0.4, 0.5) is 0 Å². The number of nitrogens with zero attached hydrogens (tertiary/aromatic N) is 3. The van der Waals surface area contributed by atoms with Crippen molar-refractivity contribution in [2.75, 3.05) is 0 Å². The second-order valence-corrected chi connectivity index (χ2v) is 4.91. The molecule has 0 aliphatic rings. The Kier molecular flexibility index (Phi) is 8.78. The molecule has 0 aliphatic carbocycles. The van der Waals surface area contributed by atoms with Crippen LogP contribution in [-0.4, -0.2) is 18.2 Å². The van der Waals surface area contributed by atoms with E-state index in [9.17, 15) is 0 Å². The van der Waals surface area contributed by atoms with Crippen molar-refractivity contribution >= 4 is 50.6 Å². The highest BCUT2D eigenvalue weighted by Gasteiger charge is 2.06. The van der Waals surface area contributed by atoms with Gasteiger partial charge < -0.3 is 16.2 Å². The molecule has 0 atom stereocenters. The van der Waals surface area contributed by atoms with Gasteiger partial charge in [0.2, 0.25) is 0 Å². The standard InChI is InChI=1S/C18H12.3CNO/c1-2-8-14-13(7-1)15-9-3-4-11-17(15)18-12-6-5-10-16(14)18;3*2-1-3/h1-12H;;;/q;3*-1. The Morgan fingerprint density at radius 2 is 0.519 bits per heavy atom. The lowest BCUT2D eigenvalue weighted by molar-refractivity contribution is 0.568. The average molecular weight is 354 g/mol. The predicted octanol–water partition coefficient (Wildman–Crippen LogP) is 4.82. The maximum Gasteiger partial charge on any atom is -0.00990 e. The van der Waals surface area contributed by atoms with E-state index in [-0.39, 0.29) is 0 Å². The fraction of sp³-hybridized carbons (Fsp3) is 0. The maximum absolute atomic E-state index is 8.24. The molecule has 132 valence electrons. The first-order chi connectivity index (χ1) is 13.2. The predicted molar refractivity (Wildman–Crippen MR) is 106 cm³/mol. The third-order valence-electron chi connectivity index (χ3n) is 3.65. The third-order valence-corrected chi connectivity index (χ3v) is 3.65. The van der Waals surface area contributed by atoms with E-state index in [1.54, 1.807) is 0 Å². The van der Waals surface area contributed by atoms with Gasteiger partial charge in [-0.2, -0.15) is 0 Å². The topological polar surface area (TPSA) is 118 Å². The quantitative estimate of drug-likeness (QED) is 0.256. The summed E-state index contributed by atoms with van der Waals surface area (Å²) < 4.78 is 0. The van der Waals surface area contributed by atoms with Gasteiger partial charge in [-0.25, -0.2) is 0 Å². The number of fused-ring (bicyclic) bond motifs is 6. The molecule has 0 aromatic heterocycles. The first-order valence-electron chi connectivity index (χ1n) is 7.52. The Labute approximate surface area is 154 Å². The minimum atomic E-state index is 0.500. The summed E-state index contributed by atoms with van der Waals surface area (Å²) in [6, 6.07) is 26.0. The van der Waals surface area contributed by atoms with E-state index < -0.39 is 0 Å². The third kappa shape index (κ3) is 5.13. The lowest BCUT2D eigenvalue weighted by atomic mass is 9.95. The number of isocyanates is 3. The second-order valence-electron chi connectivity index (χ2n) is 4.91. The molecule has 6 nitrogen and oxygen atoms in total. The van der Waals surface area contributed by atoms with Gasteiger partial charge in [0.05, 0.1) is 0 Å². The van der Waals surface area contributed by atoms with Crippen molar-refractivity contribution in [2.24, 2.45) is 0 Å². The first-order valence-corrected chi connectivity index (χ1v) is 7.52. The van der Waals surface area contributed by atoms with Gasteiger partial charge in [0, 0.05) is 0 Å². The van der Waals surface area contributed by atoms with Gasteiger partial charge in [0.15, 0.2) is 0 Å². The van der Waals surface area contributed by atoms with E-state index in [0.29, 0.717) is 18.2 Å². The van der Waals surface area contributed by atoms with Gasteiger partial charge in [-0.05, 0) is 50.6 Å². The van der Waals surface area contributed by atoms with Crippen LogP contribution in [0.15, 0.2) is 72.8 Å². The van der Waals surface area contributed by atoms with Crippen LogP contribution >= 0.6 is 0 Å². The summed E-state index contributed by atoms with van der Waals surface area (Å²) in [5.74, 6) is 0. The van der Waals surface area contributed by atoms with Crippen LogP contribution in [-0.2, 0) is 14.4 Å². The summed E-state index contributed by atoms with van der Waals surface area (Å²) in [5.41, 5.74) is 0. The zero-order chi connectivity index (χ0) is 20.1. The van der Waals surface area contributed by atoms with Crippen LogP contribution in [0.1, 0.15) is 0 Å². The molecule has 0 bridgehead atoms. The van der Waals surface area contributed by atoms with Crippen molar-refractivity contribution in [2.45, 2.75) is 0 Å². The van der Waals surface area contributed by atoms with E-state index in [1.807, 2.05) is 0 Å². The summed E-state index contributed by atoms with van der Waals surface area (Å²) in [6.45, 7) is 0. The monoisotopic (exact) mass is 354 g/mol. The number of benzene rings is 4. The fourth-order valence-electron chi connectivity index (χ4n) is 2.86. The highest BCUT2D eigenvalue weighted by atomic mass is 16.1. The zero-order valence-electron chi connectivity index (χ0n) is 14.0. The van der Waals surface area contributed by atoms with Gasteiger partial charge in [-0.1, -0.05) is 72.8 Å². The van der Waals surface area contributed by atoms with Gasteiger partial charge in [-0.3, -0.25) is 14.4 Å². The zero-order valence-corrected chi connectivity index (χ0v) is 14.0. The lowest BCUT2D eigenvalue weighted by Crippen LogP contribution is -1.81. The highest BCUT2D eigenvalue weighted by molar-refractivity contribution is 6.25. The Morgan fingerprint density at radius 1 is 0.407 bits per heavy atom. The van der Waals surface area contributed by atoms with Crippen molar-refractivity contribution in [1.29, 1.82) is 0 Å².